The monoisotopic (exact) mass is 312 g/mol. The second kappa shape index (κ2) is 6.05. The van der Waals surface area contributed by atoms with Crippen molar-refractivity contribution in [2.45, 2.75) is 0 Å². The van der Waals surface area contributed by atoms with E-state index in [9.17, 15) is 4.79 Å². The first-order chi connectivity index (χ1) is 11.8. The van der Waals surface area contributed by atoms with Crippen LogP contribution in [0.4, 0.5) is 5.69 Å². The number of fused-ring (bicyclic) bond motifs is 2. The lowest BCUT2D eigenvalue weighted by atomic mass is 10.1. The van der Waals surface area contributed by atoms with Gasteiger partial charge in [-0.05, 0) is 45.8 Å². The summed E-state index contributed by atoms with van der Waals surface area (Å²) in [5, 5.41) is 4.47. The zero-order valence-electron chi connectivity index (χ0n) is 13.0. The van der Waals surface area contributed by atoms with Crippen LogP contribution in [0.5, 0.6) is 0 Å². The highest BCUT2D eigenvalue weighted by Gasteiger charge is 2.06. The van der Waals surface area contributed by atoms with Crippen LogP contribution in [0.15, 0.2) is 84.9 Å². The van der Waals surface area contributed by atoms with Crippen LogP contribution in [0, 0.1) is 0 Å². The molecule has 0 spiro atoms. The third kappa shape index (κ3) is 2.79. The van der Waals surface area contributed by atoms with E-state index in [1.807, 2.05) is 78.9 Å². The van der Waals surface area contributed by atoms with E-state index in [2.05, 4.69) is 16.9 Å². The minimum absolute atomic E-state index is 0.158. The molecule has 4 aromatic rings. The lowest BCUT2D eigenvalue weighted by molar-refractivity contribution is 0.0963. The molecule has 0 aromatic heterocycles. The Hall–Kier alpha value is -3.33. The largest absolute Gasteiger partial charge is 0.298 e. The van der Waals surface area contributed by atoms with Gasteiger partial charge < -0.3 is 0 Å². The number of nitrogens with one attached hydrogen (secondary N) is 2. The lowest BCUT2D eigenvalue weighted by Crippen LogP contribution is -2.29. The maximum absolute atomic E-state index is 12.4. The van der Waals surface area contributed by atoms with Crippen molar-refractivity contribution in [1.82, 2.24) is 5.43 Å². The molecule has 3 heteroatoms. The number of hydrazine groups is 1. The summed E-state index contributed by atoms with van der Waals surface area (Å²) in [5.74, 6) is -0.158. The van der Waals surface area contributed by atoms with Crippen molar-refractivity contribution in [2.24, 2.45) is 0 Å². The standard InChI is InChI=1S/C21H16N2O/c24-21(19-10-9-15-5-1-3-7-17(15)13-19)23-22-20-12-11-16-6-2-4-8-18(16)14-20/h1-14,22H,(H,23,24). The van der Waals surface area contributed by atoms with Crippen LogP contribution in [-0.2, 0) is 0 Å². The van der Waals surface area contributed by atoms with Crippen molar-refractivity contribution in [2.75, 3.05) is 5.43 Å². The fourth-order valence-electron chi connectivity index (χ4n) is 2.80. The predicted octanol–water partition coefficient (Wildman–Crippen LogP) is 4.75. The normalized spacial score (nSPS) is 10.7. The molecule has 116 valence electrons. The summed E-state index contributed by atoms with van der Waals surface area (Å²) >= 11 is 0. The molecule has 0 bridgehead atoms. The molecule has 0 aliphatic rings. The molecule has 2 N–H and O–H groups in total. The quantitative estimate of drug-likeness (QED) is 0.536. The second-order valence-electron chi connectivity index (χ2n) is 5.70. The minimum atomic E-state index is -0.158. The number of anilines is 1. The van der Waals surface area contributed by atoms with E-state index in [4.69, 9.17) is 0 Å². The zero-order valence-corrected chi connectivity index (χ0v) is 13.0. The van der Waals surface area contributed by atoms with E-state index < -0.39 is 0 Å². The third-order valence-corrected chi connectivity index (χ3v) is 4.08. The molecule has 24 heavy (non-hydrogen) atoms. The number of hydrogen-bond acceptors (Lipinski definition) is 2. The molecule has 4 rings (SSSR count). The van der Waals surface area contributed by atoms with Gasteiger partial charge in [0.25, 0.3) is 5.91 Å². The molecule has 0 aliphatic heterocycles. The Morgan fingerprint density at radius 1 is 0.625 bits per heavy atom. The van der Waals surface area contributed by atoms with Crippen molar-refractivity contribution in [3.8, 4) is 0 Å². The van der Waals surface area contributed by atoms with Gasteiger partial charge in [-0.15, -0.1) is 0 Å². The molecule has 4 aromatic carbocycles. The van der Waals surface area contributed by atoms with Gasteiger partial charge in [0.15, 0.2) is 0 Å². The van der Waals surface area contributed by atoms with Crippen LogP contribution in [-0.4, -0.2) is 5.91 Å². The molecule has 1 amide bonds. The van der Waals surface area contributed by atoms with Crippen molar-refractivity contribution in [3.63, 3.8) is 0 Å². The number of carbonyl (C=O) groups excluding carboxylic acids is 1. The molecule has 0 radical (unpaired) electrons. The van der Waals surface area contributed by atoms with Crippen molar-refractivity contribution in [1.29, 1.82) is 0 Å². The first-order valence-electron chi connectivity index (χ1n) is 7.83. The van der Waals surface area contributed by atoms with Crippen molar-refractivity contribution >= 4 is 33.1 Å². The SMILES string of the molecule is O=C(NNc1ccc2ccccc2c1)c1ccc2ccccc2c1. The number of benzene rings is 4. The topological polar surface area (TPSA) is 41.1 Å². The van der Waals surface area contributed by atoms with Crippen LogP contribution >= 0.6 is 0 Å². The number of rotatable bonds is 3. The lowest BCUT2D eigenvalue weighted by Gasteiger charge is -2.10. The van der Waals surface area contributed by atoms with Crippen LogP contribution in [0.2, 0.25) is 0 Å². The maximum atomic E-state index is 12.4. The van der Waals surface area contributed by atoms with Crippen LogP contribution in [0.25, 0.3) is 21.5 Å². The summed E-state index contributed by atoms with van der Waals surface area (Å²) < 4.78 is 0. The molecule has 0 aliphatic carbocycles. The van der Waals surface area contributed by atoms with E-state index in [-0.39, 0.29) is 5.91 Å². The van der Waals surface area contributed by atoms with Crippen LogP contribution in [0.3, 0.4) is 0 Å². The Labute approximate surface area is 139 Å². The molecular weight excluding hydrogens is 296 g/mol. The molecule has 3 nitrogen and oxygen atoms in total. The van der Waals surface area contributed by atoms with E-state index in [1.165, 1.54) is 5.39 Å². The van der Waals surface area contributed by atoms with Gasteiger partial charge in [0.2, 0.25) is 0 Å². The van der Waals surface area contributed by atoms with Gasteiger partial charge in [0.1, 0.15) is 0 Å². The van der Waals surface area contributed by atoms with E-state index in [0.717, 1.165) is 21.8 Å². The Morgan fingerprint density at radius 3 is 1.92 bits per heavy atom. The highest BCUT2D eigenvalue weighted by atomic mass is 16.2. The fourth-order valence-corrected chi connectivity index (χ4v) is 2.80. The zero-order chi connectivity index (χ0) is 16.4. The summed E-state index contributed by atoms with van der Waals surface area (Å²) in [6, 6.07) is 27.8. The molecule has 0 saturated carbocycles. The number of hydrogen-bond donors (Lipinski definition) is 2. The Balaban J connectivity index is 1.52. The Morgan fingerprint density at radius 2 is 1.21 bits per heavy atom. The third-order valence-electron chi connectivity index (χ3n) is 4.08. The fraction of sp³-hybridized carbons (Fsp3) is 0. The average molecular weight is 312 g/mol. The Kier molecular flexibility index (Phi) is 3.60. The summed E-state index contributed by atoms with van der Waals surface area (Å²) in [6.45, 7) is 0. The van der Waals surface area contributed by atoms with E-state index in [0.29, 0.717) is 5.56 Å². The Bertz CT molecular complexity index is 1040. The maximum Gasteiger partial charge on any atom is 0.269 e. The van der Waals surface area contributed by atoms with Gasteiger partial charge in [-0.3, -0.25) is 15.6 Å². The molecule has 0 fully saturated rings. The first-order valence-corrected chi connectivity index (χ1v) is 7.83. The highest BCUT2D eigenvalue weighted by Crippen LogP contribution is 2.19. The predicted molar refractivity (Wildman–Crippen MR) is 99.0 cm³/mol. The second-order valence-corrected chi connectivity index (χ2v) is 5.70. The molecule has 0 atom stereocenters. The molecule has 0 saturated heterocycles. The summed E-state index contributed by atoms with van der Waals surface area (Å²) in [4.78, 5) is 12.4. The van der Waals surface area contributed by atoms with Gasteiger partial charge in [0.05, 0.1) is 5.69 Å². The van der Waals surface area contributed by atoms with E-state index >= 15 is 0 Å². The van der Waals surface area contributed by atoms with E-state index in [1.54, 1.807) is 0 Å². The molecule has 0 unspecified atom stereocenters. The van der Waals surface area contributed by atoms with Gasteiger partial charge in [0, 0.05) is 5.56 Å². The smallest absolute Gasteiger partial charge is 0.269 e. The van der Waals surface area contributed by atoms with Gasteiger partial charge in [-0.25, -0.2) is 0 Å². The van der Waals surface area contributed by atoms with Crippen molar-refractivity contribution in [3.05, 3.63) is 90.5 Å². The van der Waals surface area contributed by atoms with Crippen molar-refractivity contribution < 1.29 is 4.79 Å². The number of carbonyl (C=O) groups is 1. The molecule has 0 heterocycles. The first kappa shape index (κ1) is 14.3. The summed E-state index contributed by atoms with van der Waals surface area (Å²) in [6.07, 6.45) is 0. The number of amides is 1. The highest BCUT2D eigenvalue weighted by molar-refractivity contribution is 5.99. The van der Waals surface area contributed by atoms with Gasteiger partial charge in [-0.1, -0.05) is 60.7 Å². The van der Waals surface area contributed by atoms with Crippen LogP contribution in [0.1, 0.15) is 10.4 Å². The minimum Gasteiger partial charge on any atom is -0.298 e. The van der Waals surface area contributed by atoms with Gasteiger partial charge in [-0.2, -0.15) is 0 Å². The summed E-state index contributed by atoms with van der Waals surface area (Å²) in [5.41, 5.74) is 7.22. The van der Waals surface area contributed by atoms with Gasteiger partial charge >= 0.3 is 0 Å². The van der Waals surface area contributed by atoms with Crippen LogP contribution < -0.4 is 10.9 Å². The molecular formula is C21H16N2O. The average Bonchev–Trinajstić information content (AvgIpc) is 2.65. The summed E-state index contributed by atoms with van der Waals surface area (Å²) in [7, 11) is 0.